The lowest BCUT2D eigenvalue weighted by atomic mass is 9.92. The molecular formula is C13H18N5O7P. The maximum absolute atomic E-state index is 10.8. The molecule has 0 spiro atoms. The Morgan fingerprint density at radius 1 is 1.58 bits per heavy atom. The van der Waals surface area contributed by atoms with Gasteiger partial charge in [0, 0.05) is 13.8 Å². The van der Waals surface area contributed by atoms with Crippen molar-refractivity contribution in [3.8, 4) is 6.07 Å². The first kappa shape index (κ1) is 20.2. The predicted octanol–water partition coefficient (Wildman–Crippen LogP) is -1.76. The van der Waals surface area contributed by atoms with Crippen molar-refractivity contribution in [2.75, 3.05) is 13.7 Å². The van der Waals surface area contributed by atoms with E-state index in [1.807, 2.05) is 0 Å². The molecule has 0 aliphatic carbocycles. The van der Waals surface area contributed by atoms with E-state index in [1.165, 1.54) is 19.2 Å². The summed E-state index contributed by atoms with van der Waals surface area (Å²) in [5.41, 5.74) is 3.92. The highest BCUT2D eigenvalue weighted by Gasteiger charge is 2.58. The van der Waals surface area contributed by atoms with E-state index in [0.717, 1.165) is 4.68 Å². The van der Waals surface area contributed by atoms with Crippen molar-refractivity contribution in [3.05, 3.63) is 23.5 Å². The van der Waals surface area contributed by atoms with Gasteiger partial charge >= 0.3 is 7.82 Å². The molecule has 1 saturated heterocycles. The van der Waals surface area contributed by atoms with Crippen LogP contribution in [0.2, 0.25) is 0 Å². The highest BCUT2D eigenvalue weighted by atomic mass is 31.2. The third kappa shape index (κ3) is 3.42. The topological polar surface area (TPSA) is 196 Å². The minimum atomic E-state index is -4.84. The van der Waals surface area contributed by atoms with Crippen LogP contribution in [0.5, 0.6) is 0 Å². The van der Waals surface area contributed by atoms with E-state index in [0.29, 0.717) is 0 Å². The van der Waals surface area contributed by atoms with Crippen LogP contribution >= 0.6 is 7.82 Å². The molecule has 1 aliphatic rings. The summed E-state index contributed by atoms with van der Waals surface area (Å²) in [5.74, 6) is 0.0751. The van der Waals surface area contributed by atoms with Crippen LogP contribution in [0.15, 0.2) is 22.2 Å². The molecule has 1 aromatic rings. The summed E-state index contributed by atoms with van der Waals surface area (Å²) >= 11 is 0. The lowest BCUT2D eigenvalue weighted by Crippen LogP contribution is -2.41. The van der Waals surface area contributed by atoms with Crippen molar-refractivity contribution in [1.82, 2.24) is 4.68 Å². The molecule has 0 unspecified atom stereocenters. The number of hydrogen-bond donors (Lipinski definition) is 5. The summed E-state index contributed by atoms with van der Waals surface area (Å²) in [7, 11) is -3.40. The van der Waals surface area contributed by atoms with Gasteiger partial charge in [0.15, 0.2) is 0 Å². The molecule has 12 nitrogen and oxygen atoms in total. The fraction of sp³-hybridized carbons (Fsp3) is 0.462. The summed E-state index contributed by atoms with van der Waals surface area (Å²) in [4.78, 5) is 21.4. The van der Waals surface area contributed by atoms with Crippen LogP contribution in [-0.2, 0) is 19.4 Å². The fourth-order valence-corrected chi connectivity index (χ4v) is 3.00. The lowest BCUT2D eigenvalue weighted by Gasteiger charge is -2.25. The second kappa shape index (κ2) is 7.26. The Bertz CT molecular complexity index is 812. The molecule has 142 valence electrons. The standard InChI is InChI=1S/C13H18N5O7P/c1-16-12(15)7-3-4-9(18(7)17-2)13(6-14)11(20)10(19)8(25-13)5-24-26(21,22)23/h3-4,8,10-11,19-20H,2,5H2,1H3,(H2,15,16)(H2,21,22,23)/t8-,10-,11-,13+/m1/s1. The van der Waals surface area contributed by atoms with Crippen molar-refractivity contribution in [3.63, 3.8) is 0 Å². The third-order valence-electron chi connectivity index (χ3n) is 3.91. The number of rotatable bonds is 6. The Kier molecular flexibility index (Phi) is 5.64. The van der Waals surface area contributed by atoms with Crippen molar-refractivity contribution in [2.45, 2.75) is 23.9 Å². The van der Waals surface area contributed by atoms with Crippen LogP contribution in [0.1, 0.15) is 11.4 Å². The molecule has 0 amide bonds. The van der Waals surface area contributed by atoms with Crippen LogP contribution in [-0.4, -0.2) is 69.2 Å². The summed E-state index contributed by atoms with van der Waals surface area (Å²) in [6.07, 6.45) is -4.80. The summed E-state index contributed by atoms with van der Waals surface area (Å²) in [5, 5.41) is 33.9. The van der Waals surface area contributed by atoms with E-state index in [1.54, 1.807) is 6.07 Å². The molecule has 0 bridgehead atoms. The highest BCUT2D eigenvalue weighted by molar-refractivity contribution is 7.46. The van der Waals surface area contributed by atoms with E-state index in [4.69, 9.17) is 20.3 Å². The molecule has 1 aromatic heterocycles. The number of ether oxygens (including phenoxy) is 1. The number of nitrogens with two attached hydrogens (primary N) is 1. The van der Waals surface area contributed by atoms with Gasteiger partial charge in [-0.05, 0) is 12.1 Å². The average Bonchev–Trinajstić information content (AvgIpc) is 3.13. The number of nitriles is 1. The minimum Gasteiger partial charge on any atom is -0.387 e. The summed E-state index contributed by atoms with van der Waals surface area (Å²) in [6.45, 7) is 2.62. The van der Waals surface area contributed by atoms with E-state index in [-0.39, 0.29) is 17.2 Å². The Morgan fingerprint density at radius 3 is 2.73 bits per heavy atom. The number of aliphatic imine (C=N–C) groups is 1. The Hall–Kier alpha value is -2.10. The average molecular weight is 387 g/mol. The fourth-order valence-electron chi connectivity index (χ4n) is 2.66. The smallest absolute Gasteiger partial charge is 0.387 e. The molecule has 0 aromatic carbocycles. The molecule has 0 radical (unpaired) electrons. The quantitative estimate of drug-likeness (QED) is 0.213. The van der Waals surface area contributed by atoms with Gasteiger partial charge in [-0.2, -0.15) is 10.4 Å². The largest absolute Gasteiger partial charge is 0.469 e. The van der Waals surface area contributed by atoms with Gasteiger partial charge in [0.25, 0.3) is 0 Å². The SMILES string of the molecule is C=Nn1c(C(N)=NC)ccc1[C@]1(C#N)O[C@H](COP(=O)(O)O)[C@@H](O)[C@H]1O. The maximum Gasteiger partial charge on any atom is 0.469 e. The number of phosphoric ester groups is 1. The monoisotopic (exact) mass is 387 g/mol. The zero-order valence-corrected chi connectivity index (χ0v) is 14.5. The van der Waals surface area contributed by atoms with Crippen LogP contribution in [0.25, 0.3) is 0 Å². The number of aliphatic hydroxyl groups excluding tert-OH is 2. The van der Waals surface area contributed by atoms with E-state index in [9.17, 15) is 20.0 Å². The van der Waals surface area contributed by atoms with Gasteiger partial charge in [-0.3, -0.25) is 9.52 Å². The number of hydrogen-bond acceptors (Lipinski definition) is 8. The number of aromatic nitrogens is 1. The van der Waals surface area contributed by atoms with Gasteiger partial charge in [0.1, 0.15) is 35.9 Å². The van der Waals surface area contributed by atoms with Crippen LogP contribution in [0.4, 0.5) is 0 Å². The first-order valence-electron chi connectivity index (χ1n) is 7.18. The Balaban J connectivity index is 2.46. The third-order valence-corrected chi connectivity index (χ3v) is 4.40. The van der Waals surface area contributed by atoms with Crippen molar-refractivity contribution in [1.29, 1.82) is 5.26 Å². The number of nitrogens with zero attached hydrogens (tertiary/aromatic N) is 4. The number of phosphoric acid groups is 1. The minimum absolute atomic E-state index is 0.00169. The molecule has 26 heavy (non-hydrogen) atoms. The molecule has 2 heterocycles. The van der Waals surface area contributed by atoms with Gasteiger partial charge in [-0.25, -0.2) is 9.24 Å². The van der Waals surface area contributed by atoms with Crippen LogP contribution in [0, 0.1) is 11.3 Å². The second-order valence-electron chi connectivity index (χ2n) is 5.39. The second-order valence-corrected chi connectivity index (χ2v) is 6.63. The predicted molar refractivity (Wildman–Crippen MR) is 88.2 cm³/mol. The molecule has 2 rings (SSSR count). The molecule has 13 heteroatoms. The number of amidine groups is 1. The zero-order valence-electron chi connectivity index (χ0n) is 13.6. The molecule has 0 saturated carbocycles. The van der Waals surface area contributed by atoms with Crippen molar-refractivity contribution in [2.24, 2.45) is 15.8 Å². The highest BCUT2D eigenvalue weighted by Crippen LogP contribution is 2.43. The lowest BCUT2D eigenvalue weighted by molar-refractivity contribution is -0.0641. The van der Waals surface area contributed by atoms with Crippen molar-refractivity contribution >= 4 is 20.4 Å². The van der Waals surface area contributed by atoms with Gasteiger partial charge in [-0.1, -0.05) is 0 Å². The Morgan fingerprint density at radius 2 is 2.23 bits per heavy atom. The maximum atomic E-state index is 10.8. The van der Waals surface area contributed by atoms with Gasteiger partial charge in [0.2, 0.25) is 5.60 Å². The van der Waals surface area contributed by atoms with E-state index >= 15 is 0 Å². The number of aliphatic hydroxyl groups is 2. The van der Waals surface area contributed by atoms with E-state index < -0.39 is 38.3 Å². The summed E-state index contributed by atoms with van der Waals surface area (Å²) in [6, 6.07) is 4.62. The van der Waals surface area contributed by atoms with Crippen LogP contribution in [0.3, 0.4) is 0 Å². The van der Waals surface area contributed by atoms with Gasteiger partial charge in [-0.15, -0.1) is 0 Å². The normalized spacial score (nSPS) is 29.5. The molecule has 1 fully saturated rings. The molecular weight excluding hydrogens is 369 g/mol. The van der Waals surface area contributed by atoms with Gasteiger partial charge in [0.05, 0.1) is 12.3 Å². The molecule has 6 N–H and O–H groups in total. The summed E-state index contributed by atoms with van der Waals surface area (Å²) < 4.78 is 21.7. The zero-order chi connectivity index (χ0) is 19.7. The van der Waals surface area contributed by atoms with Crippen LogP contribution < -0.4 is 5.73 Å². The van der Waals surface area contributed by atoms with E-state index in [2.05, 4.69) is 21.3 Å². The van der Waals surface area contributed by atoms with Crippen molar-refractivity contribution < 1.29 is 33.8 Å². The molecule has 4 atom stereocenters. The first-order chi connectivity index (χ1) is 12.1. The van der Waals surface area contributed by atoms with Gasteiger partial charge < -0.3 is 30.5 Å². The molecule has 1 aliphatic heterocycles. The Labute approximate surface area is 148 Å². The first-order valence-corrected chi connectivity index (χ1v) is 8.71.